The van der Waals surface area contributed by atoms with E-state index in [0.717, 1.165) is 11.3 Å². The topological polar surface area (TPSA) is 84.2 Å². The maximum atomic E-state index is 11.6. The van der Waals surface area contributed by atoms with Gasteiger partial charge in [0.25, 0.3) is 0 Å². The summed E-state index contributed by atoms with van der Waals surface area (Å²) in [6.45, 7) is 6.28. The summed E-state index contributed by atoms with van der Waals surface area (Å²) < 4.78 is 0. The molecule has 5 nitrogen and oxygen atoms in total. The quantitative estimate of drug-likeness (QED) is 0.750. The molecule has 0 radical (unpaired) electrons. The standard InChI is InChI=1S/C15H23N3O2.ClH/c1-10(2)14(19)18-13-6-4-12(5-7-13)9-17-15(20)11(3)8-16;/h4-7,10-11H,8-9,16H2,1-3H3,(H,17,20)(H,18,19);1H. The van der Waals surface area contributed by atoms with Crippen LogP contribution in [0, 0.1) is 11.8 Å². The number of carbonyl (C=O) groups is 2. The van der Waals surface area contributed by atoms with Gasteiger partial charge in [0.1, 0.15) is 0 Å². The van der Waals surface area contributed by atoms with Gasteiger partial charge in [-0.25, -0.2) is 0 Å². The summed E-state index contributed by atoms with van der Waals surface area (Å²) in [5, 5.41) is 5.64. The van der Waals surface area contributed by atoms with E-state index in [1.807, 2.05) is 38.1 Å². The second-order valence-electron chi connectivity index (χ2n) is 5.20. The van der Waals surface area contributed by atoms with E-state index >= 15 is 0 Å². The Kier molecular flexibility index (Phi) is 8.66. The maximum absolute atomic E-state index is 11.6. The van der Waals surface area contributed by atoms with Crippen LogP contribution in [0.3, 0.4) is 0 Å². The molecule has 1 aromatic carbocycles. The molecule has 1 aromatic rings. The molecule has 0 fully saturated rings. The molecule has 0 aliphatic heterocycles. The van der Waals surface area contributed by atoms with E-state index in [-0.39, 0.29) is 36.1 Å². The molecule has 0 spiro atoms. The van der Waals surface area contributed by atoms with Gasteiger partial charge >= 0.3 is 0 Å². The molecule has 0 bridgehead atoms. The van der Waals surface area contributed by atoms with Gasteiger partial charge in [0.2, 0.25) is 11.8 Å². The molecule has 1 rings (SSSR count). The predicted molar refractivity (Wildman–Crippen MR) is 87.2 cm³/mol. The van der Waals surface area contributed by atoms with Crippen LogP contribution in [0.1, 0.15) is 26.3 Å². The normalized spacial score (nSPS) is 11.5. The second kappa shape index (κ2) is 9.37. The largest absolute Gasteiger partial charge is 0.352 e. The number of benzene rings is 1. The number of nitrogens with two attached hydrogens (primary N) is 1. The lowest BCUT2D eigenvalue weighted by Gasteiger charge is -2.11. The van der Waals surface area contributed by atoms with Crippen LogP contribution in [-0.4, -0.2) is 18.4 Å². The van der Waals surface area contributed by atoms with Gasteiger partial charge in [0.15, 0.2) is 0 Å². The number of rotatable bonds is 6. The first kappa shape index (κ1) is 19.4. The van der Waals surface area contributed by atoms with Crippen molar-refractivity contribution in [1.82, 2.24) is 5.32 Å². The van der Waals surface area contributed by atoms with Crippen LogP contribution in [0.25, 0.3) is 0 Å². The number of hydrogen-bond acceptors (Lipinski definition) is 3. The van der Waals surface area contributed by atoms with Gasteiger partial charge in [-0.05, 0) is 17.7 Å². The molecule has 118 valence electrons. The van der Waals surface area contributed by atoms with Crippen LogP contribution in [0.15, 0.2) is 24.3 Å². The molecule has 21 heavy (non-hydrogen) atoms. The highest BCUT2D eigenvalue weighted by molar-refractivity contribution is 5.92. The van der Waals surface area contributed by atoms with Crippen molar-refractivity contribution in [2.24, 2.45) is 17.6 Å². The van der Waals surface area contributed by atoms with Crippen molar-refractivity contribution >= 4 is 29.9 Å². The predicted octanol–water partition coefficient (Wildman–Crippen LogP) is 1.91. The number of halogens is 1. The Balaban J connectivity index is 0.00000400. The van der Waals surface area contributed by atoms with Gasteiger partial charge in [0.05, 0.1) is 0 Å². The molecule has 6 heteroatoms. The van der Waals surface area contributed by atoms with Crippen molar-refractivity contribution in [2.45, 2.75) is 27.3 Å². The lowest BCUT2D eigenvalue weighted by Crippen LogP contribution is -2.32. The molecule has 0 aliphatic carbocycles. The third-order valence-corrected chi connectivity index (χ3v) is 3.01. The zero-order valence-corrected chi connectivity index (χ0v) is 13.5. The van der Waals surface area contributed by atoms with E-state index in [4.69, 9.17) is 5.73 Å². The van der Waals surface area contributed by atoms with Crippen LogP contribution in [0.5, 0.6) is 0 Å². The Morgan fingerprint density at radius 1 is 1.10 bits per heavy atom. The highest BCUT2D eigenvalue weighted by Gasteiger charge is 2.10. The molecule has 0 aliphatic rings. The van der Waals surface area contributed by atoms with Gasteiger partial charge in [-0.2, -0.15) is 0 Å². The van der Waals surface area contributed by atoms with Crippen molar-refractivity contribution < 1.29 is 9.59 Å². The van der Waals surface area contributed by atoms with Gasteiger partial charge < -0.3 is 16.4 Å². The molecule has 1 atom stereocenters. The second-order valence-corrected chi connectivity index (χ2v) is 5.20. The zero-order chi connectivity index (χ0) is 15.1. The lowest BCUT2D eigenvalue weighted by atomic mass is 10.1. The van der Waals surface area contributed by atoms with Gasteiger partial charge in [0, 0.05) is 30.6 Å². The van der Waals surface area contributed by atoms with Crippen LogP contribution in [0.4, 0.5) is 5.69 Å². The van der Waals surface area contributed by atoms with Crippen molar-refractivity contribution in [3.63, 3.8) is 0 Å². The molecular formula is C15H24ClN3O2. The van der Waals surface area contributed by atoms with Crippen molar-refractivity contribution in [3.05, 3.63) is 29.8 Å². The summed E-state index contributed by atoms with van der Waals surface area (Å²) in [5.41, 5.74) is 7.17. The molecule has 1 unspecified atom stereocenters. The van der Waals surface area contributed by atoms with E-state index < -0.39 is 0 Å². The Morgan fingerprint density at radius 3 is 2.14 bits per heavy atom. The minimum absolute atomic E-state index is 0. The Bertz CT molecular complexity index is 460. The fourth-order valence-electron chi connectivity index (χ4n) is 1.46. The van der Waals surface area contributed by atoms with Crippen molar-refractivity contribution in [2.75, 3.05) is 11.9 Å². The van der Waals surface area contributed by atoms with Crippen LogP contribution >= 0.6 is 12.4 Å². The average Bonchev–Trinajstić information content (AvgIpc) is 2.45. The summed E-state index contributed by atoms with van der Waals surface area (Å²) in [6, 6.07) is 7.41. The summed E-state index contributed by atoms with van der Waals surface area (Å²) in [6.07, 6.45) is 0. The van der Waals surface area contributed by atoms with Crippen molar-refractivity contribution in [3.8, 4) is 0 Å². The highest BCUT2D eigenvalue weighted by Crippen LogP contribution is 2.11. The van der Waals surface area contributed by atoms with Gasteiger partial charge in [-0.1, -0.05) is 32.9 Å². The number of hydrogen-bond donors (Lipinski definition) is 3. The van der Waals surface area contributed by atoms with E-state index in [1.165, 1.54) is 0 Å². The molecule has 0 heterocycles. The summed E-state index contributed by atoms with van der Waals surface area (Å²) in [7, 11) is 0. The first-order chi connectivity index (χ1) is 9.43. The summed E-state index contributed by atoms with van der Waals surface area (Å²) >= 11 is 0. The maximum Gasteiger partial charge on any atom is 0.226 e. The molecular weight excluding hydrogens is 290 g/mol. The number of carbonyl (C=O) groups excluding carboxylic acids is 2. The lowest BCUT2D eigenvalue weighted by molar-refractivity contribution is -0.124. The van der Waals surface area contributed by atoms with Gasteiger partial charge in [-0.15, -0.1) is 12.4 Å². The minimum atomic E-state index is -0.181. The van der Waals surface area contributed by atoms with Crippen molar-refractivity contribution in [1.29, 1.82) is 0 Å². The SMILES string of the molecule is CC(C)C(=O)Nc1ccc(CNC(=O)C(C)CN)cc1.Cl. The summed E-state index contributed by atoms with van der Waals surface area (Å²) in [4.78, 5) is 23.1. The number of nitrogens with one attached hydrogen (secondary N) is 2. The molecule has 0 saturated heterocycles. The van der Waals surface area contributed by atoms with E-state index in [1.54, 1.807) is 6.92 Å². The number of anilines is 1. The van der Waals surface area contributed by atoms with Gasteiger partial charge in [-0.3, -0.25) is 9.59 Å². The first-order valence-corrected chi connectivity index (χ1v) is 6.81. The molecule has 0 saturated carbocycles. The first-order valence-electron chi connectivity index (χ1n) is 6.81. The monoisotopic (exact) mass is 313 g/mol. The molecule has 4 N–H and O–H groups in total. The number of amides is 2. The minimum Gasteiger partial charge on any atom is -0.352 e. The fraction of sp³-hybridized carbons (Fsp3) is 0.467. The Hall–Kier alpha value is -1.59. The highest BCUT2D eigenvalue weighted by atomic mass is 35.5. The fourth-order valence-corrected chi connectivity index (χ4v) is 1.46. The van der Waals surface area contributed by atoms with E-state index in [2.05, 4.69) is 10.6 Å². The third-order valence-electron chi connectivity index (χ3n) is 3.01. The Labute approximate surface area is 132 Å². The zero-order valence-electron chi connectivity index (χ0n) is 12.7. The van der Waals surface area contributed by atoms with Crippen LogP contribution in [-0.2, 0) is 16.1 Å². The smallest absolute Gasteiger partial charge is 0.226 e. The molecule has 0 aromatic heterocycles. The van der Waals surface area contributed by atoms with E-state index in [9.17, 15) is 9.59 Å². The van der Waals surface area contributed by atoms with E-state index in [0.29, 0.717) is 13.1 Å². The molecule has 2 amide bonds. The summed E-state index contributed by atoms with van der Waals surface area (Å²) in [5.74, 6) is -0.293. The van der Waals surface area contributed by atoms with Crippen LogP contribution < -0.4 is 16.4 Å². The van der Waals surface area contributed by atoms with Crippen LogP contribution in [0.2, 0.25) is 0 Å². The third kappa shape index (κ3) is 6.60. The Morgan fingerprint density at radius 2 is 1.67 bits per heavy atom. The average molecular weight is 314 g/mol.